The molecule has 106 valence electrons. The van der Waals surface area contributed by atoms with Crippen LogP contribution in [0.15, 0.2) is 46.9 Å². The molecule has 0 aromatic heterocycles. The third kappa shape index (κ3) is 3.60. The fourth-order valence-corrected chi connectivity index (χ4v) is 2.56. The molecule has 0 aliphatic heterocycles. The van der Waals surface area contributed by atoms with Crippen molar-refractivity contribution in [3.63, 3.8) is 0 Å². The van der Waals surface area contributed by atoms with Gasteiger partial charge in [-0.25, -0.2) is 4.39 Å². The molecule has 1 atom stereocenters. The Bertz CT molecular complexity index is 566. The topological polar surface area (TPSA) is 12.0 Å². The molecule has 20 heavy (non-hydrogen) atoms. The molecule has 2 rings (SSSR count). The van der Waals surface area contributed by atoms with Crippen LogP contribution in [0.2, 0.25) is 0 Å². The van der Waals surface area contributed by atoms with Gasteiger partial charge in [0, 0.05) is 4.47 Å². The van der Waals surface area contributed by atoms with Crippen molar-refractivity contribution in [2.45, 2.75) is 32.7 Å². The zero-order valence-electron chi connectivity index (χ0n) is 11.8. The van der Waals surface area contributed by atoms with E-state index in [1.54, 1.807) is 12.1 Å². The highest BCUT2D eigenvalue weighted by atomic mass is 79.9. The van der Waals surface area contributed by atoms with Gasteiger partial charge < -0.3 is 5.32 Å². The Hall–Kier alpha value is -1.35. The van der Waals surface area contributed by atoms with E-state index in [-0.39, 0.29) is 11.9 Å². The second kappa shape index (κ2) is 6.89. The maximum Gasteiger partial charge on any atom is 0.146 e. The molecule has 0 aliphatic carbocycles. The Morgan fingerprint density at radius 1 is 1.10 bits per heavy atom. The molecule has 0 bridgehead atoms. The van der Waals surface area contributed by atoms with E-state index in [1.807, 2.05) is 0 Å². The summed E-state index contributed by atoms with van der Waals surface area (Å²) in [6, 6.07) is 13.6. The van der Waals surface area contributed by atoms with Crippen LogP contribution in [0.1, 0.15) is 37.4 Å². The highest BCUT2D eigenvalue weighted by molar-refractivity contribution is 9.10. The molecule has 0 saturated carbocycles. The molecule has 1 N–H and O–H groups in total. The Kier molecular flexibility index (Phi) is 5.18. The summed E-state index contributed by atoms with van der Waals surface area (Å²) < 4.78 is 14.7. The molecule has 0 amide bonds. The van der Waals surface area contributed by atoms with Crippen LogP contribution in [-0.4, -0.2) is 0 Å². The van der Waals surface area contributed by atoms with Crippen LogP contribution in [0.5, 0.6) is 0 Å². The van der Waals surface area contributed by atoms with Gasteiger partial charge in [0.2, 0.25) is 0 Å². The first-order valence-corrected chi connectivity index (χ1v) is 7.73. The SMILES string of the molecule is CCc1ccc(C(CC)Nc2cc(Br)ccc2F)cc1. The third-order valence-electron chi connectivity index (χ3n) is 3.46. The van der Waals surface area contributed by atoms with Crippen molar-refractivity contribution >= 4 is 21.6 Å². The Morgan fingerprint density at radius 2 is 1.80 bits per heavy atom. The van der Waals surface area contributed by atoms with Gasteiger partial charge in [-0.1, -0.05) is 54.0 Å². The summed E-state index contributed by atoms with van der Waals surface area (Å²) in [4.78, 5) is 0. The summed E-state index contributed by atoms with van der Waals surface area (Å²) in [5.41, 5.74) is 3.03. The van der Waals surface area contributed by atoms with Gasteiger partial charge in [-0.2, -0.15) is 0 Å². The van der Waals surface area contributed by atoms with Crippen LogP contribution in [0.3, 0.4) is 0 Å². The lowest BCUT2D eigenvalue weighted by atomic mass is 10.0. The van der Waals surface area contributed by atoms with Crippen molar-refractivity contribution < 1.29 is 4.39 Å². The molecule has 0 saturated heterocycles. The second-order valence-electron chi connectivity index (χ2n) is 4.82. The molecule has 1 nitrogen and oxygen atoms in total. The number of anilines is 1. The molecule has 2 aromatic rings. The lowest BCUT2D eigenvalue weighted by molar-refractivity contribution is 0.623. The van der Waals surface area contributed by atoms with Crippen molar-refractivity contribution in [3.05, 3.63) is 63.9 Å². The van der Waals surface area contributed by atoms with Gasteiger partial charge >= 0.3 is 0 Å². The molecule has 0 aliphatic rings. The predicted octanol–water partition coefficient (Wildman–Crippen LogP) is 5.71. The monoisotopic (exact) mass is 335 g/mol. The normalized spacial score (nSPS) is 12.2. The first-order chi connectivity index (χ1) is 9.63. The molecule has 0 radical (unpaired) electrons. The number of nitrogens with one attached hydrogen (secondary N) is 1. The fraction of sp³-hybridized carbons (Fsp3) is 0.294. The predicted molar refractivity (Wildman–Crippen MR) is 86.6 cm³/mol. The molecule has 1 unspecified atom stereocenters. The Morgan fingerprint density at radius 3 is 2.40 bits per heavy atom. The molecular formula is C17H19BrFN. The van der Waals surface area contributed by atoms with E-state index < -0.39 is 0 Å². The number of rotatable bonds is 5. The highest BCUT2D eigenvalue weighted by Crippen LogP contribution is 2.27. The summed E-state index contributed by atoms with van der Waals surface area (Å²) in [6.45, 7) is 4.24. The molecule has 2 aromatic carbocycles. The number of halogens is 2. The van der Waals surface area contributed by atoms with E-state index in [4.69, 9.17) is 0 Å². The lowest BCUT2D eigenvalue weighted by Crippen LogP contribution is -2.10. The summed E-state index contributed by atoms with van der Waals surface area (Å²) in [5, 5.41) is 3.29. The minimum atomic E-state index is -0.225. The van der Waals surface area contributed by atoms with Crippen LogP contribution in [0.25, 0.3) is 0 Å². The van der Waals surface area contributed by atoms with E-state index in [0.29, 0.717) is 5.69 Å². The summed E-state index contributed by atoms with van der Waals surface area (Å²) in [6.07, 6.45) is 1.93. The standard InChI is InChI=1S/C17H19BrFN/c1-3-12-5-7-13(8-6-12)16(4-2)20-17-11-14(18)9-10-15(17)19/h5-11,16,20H,3-4H2,1-2H3. The van der Waals surface area contributed by atoms with Crippen LogP contribution < -0.4 is 5.32 Å². The number of benzene rings is 2. The van der Waals surface area contributed by atoms with Gasteiger partial charge in [0.05, 0.1) is 11.7 Å². The van der Waals surface area contributed by atoms with Crippen molar-refractivity contribution in [3.8, 4) is 0 Å². The average molecular weight is 336 g/mol. The van der Waals surface area contributed by atoms with E-state index in [2.05, 4.69) is 59.4 Å². The van der Waals surface area contributed by atoms with Gasteiger partial charge in [-0.15, -0.1) is 0 Å². The van der Waals surface area contributed by atoms with Crippen molar-refractivity contribution in [1.29, 1.82) is 0 Å². The molecular weight excluding hydrogens is 317 g/mol. The molecule has 3 heteroatoms. The molecule has 0 spiro atoms. The second-order valence-corrected chi connectivity index (χ2v) is 5.74. The van der Waals surface area contributed by atoms with Gasteiger partial charge in [0.25, 0.3) is 0 Å². The molecule has 0 fully saturated rings. The largest absolute Gasteiger partial charge is 0.376 e. The smallest absolute Gasteiger partial charge is 0.146 e. The van der Waals surface area contributed by atoms with Crippen molar-refractivity contribution in [1.82, 2.24) is 0 Å². The maximum atomic E-state index is 13.8. The zero-order valence-corrected chi connectivity index (χ0v) is 13.4. The van der Waals surface area contributed by atoms with Crippen LogP contribution in [-0.2, 0) is 6.42 Å². The van der Waals surface area contributed by atoms with Gasteiger partial charge in [0.1, 0.15) is 5.82 Å². The minimum absolute atomic E-state index is 0.115. The Balaban J connectivity index is 2.21. The average Bonchev–Trinajstić information content (AvgIpc) is 2.48. The number of hydrogen-bond donors (Lipinski definition) is 1. The van der Waals surface area contributed by atoms with Crippen LogP contribution in [0, 0.1) is 5.82 Å². The van der Waals surface area contributed by atoms with Gasteiger partial charge in [-0.05, 0) is 42.2 Å². The lowest BCUT2D eigenvalue weighted by Gasteiger charge is -2.19. The Labute approximate surface area is 128 Å². The molecule has 0 heterocycles. The third-order valence-corrected chi connectivity index (χ3v) is 3.95. The maximum absolute atomic E-state index is 13.8. The zero-order chi connectivity index (χ0) is 14.5. The van der Waals surface area contributed by atoms with Gasteiger partial charge in [-0.3, -0.25) is 0 Å². The minimum Gasteiger partial charge on any atom is -0.376 e. The number of aryl methyl sites for hydroxylation is 1. The fourth-order valence-electron chi connectivity index (χ4n) is 2.20. The first kappa shape index (κ1) is 15.0. The van der Waals surface area contributed by atoms with E-state index >= 15 is 0 Å². The van der Waals surface area contributed by atoms with Gasteiger partial charge in [0.15, 0.2) is 0 Å². The van der Waals surface area contributed by atoms with E-state index in [1.165, 1.54) is 17.2 Å². The van der Waals surface area contributed by atoms with E-state index in [0.717, 1.165) is 17.3 Å². The van der Waals surface area contributed by atoms with Crippen LogP contribution in [0.4, 0.5) is 10.1 Å². The summed E-state index contributed by atoms with van der Waals surface area (Å²) in [5.74, 6) is -0.225. The van der Waals surface area contributed by atoms with Crippen molar-refractivity contribution in [2.75, 3.05) is 5.32 Å². The first-order valence-electron chi connectivity index (χ1n) is 6.94. The quantitative estimate of drug-likeness (QED) is 0.737. The van der Waals surface area contributed by atoms with Crippen molar-refractivity contribution in [2.24, 2.45) is 0 Å². The highest BCUT2D eigenvalue weighted by Gasteiger charge is 2.11. The van der Waals surface area contributed by atoms with E-state index in [9.17, 15) is 4.39 Å². The van der Waals surface area contributed by atoms with Crippen LogP contribution >= 0.6 is 15.9 Å². The summed E-state index contributed by atoms with van der Waals surface area (Å²) in [7, 11) is 0. The number of hydrogen-bond acceptors (Lipinski definition) is 1. The summed E-state index contributed by atoms with van der Waals surface area (Å²) >= 11 is 3.38.